The summed E-state index contributed by atoms with van der Waals surface area (Å²) in [6.07, 6.45) is 2.54. The molecule has 0 fully saturated rings. The molecule has 2 heterocycles. The lowest BCUT2D eigenvalue weighted by atomic mass is 9.88. The Bertz CT molecular complexity index is 1260. The molecule has 3 aromatic carbocycles. The zero-order valence-electron chi connectivity index (χ0n) is 17.6. The molecule has 0 radical (unpaired) electrons. The maximum absolute atomic E-state index is 12.8. The topological polar surface area (TPSA) is 52.5 Å². The Labute approximate surface area is 181 Å². The predicted molar refractivity (Wildman–Crippen MR) is 122 cm³/mol. The third kappa shape index (κ3) is 3.42. The highest BCUT2D eigenvalue weighted by molar-refractivity contribution is 6.06. The molecule has 1 aliphatic rings. The molecule has 5 nitrogen and oxygen atoms in total. The Morgan fingerprint density at radius 2 is 1.81 bits per heavy atom. The van der Waals surface area contributed by atoms with Gasteiger partial charge in [0.05, 0.1) is 25.4 Å². The fraction of sp³-hybridized carbons (Fsp3) is 0.192. The summed E-state index contributed by atoms with van der Waals surface area (Å²) in [5, 5.41) is 4.20. The lowest BCUT2D eigenvalue weighted by Crippen LogP contribution is -2.14. The van der Waals surface area contributed by atoms with Crippen LogP contribution in [-0.4, -0.2) is 24.7 Å². The Balaban J connectivity index is 1.70. The Hall–Kier alpha value is -3.73. The molecule has 1 amide bonds. The van der Waals surface area contributed by atoms with Gasteiger partial charge < -0.3 is 19.4 Å². The van der Waals surface area contributed by atoms with Crippen molar-refractivity contribution in [3.8, 4) is 11.5 Å². The number of hydrogen-bond acceptors (Lipinski definition) is 3. The lowest BCUT2D eigenvalue weighted by Gasteiger charge is -2.18. The van der Waals surface area contributed by atoms with Crippen LogP contribution in [0.1, 0.15) is 29.0 Å². The van der Waals surface area contributed by atoms with Crippen molar-refractivity contribution in [3.63, 3.8) is 0 Å². The molecule has 4 aromatic rings. The smallest absolute Gasteiger partial charge is 0.225 e. The molecule has 1 aromatic heterocycles. The van der Waals surface area contributed by atoms with Crippen molar-refractivity contribution in [1.29, 1.82) is 0 Å². The van der Waals surface area contributed by atoms with E-state index in [4.69, 9.17) is 9.47 Å². The Kier molecular flexibility index (Phi) is 4.86. The van der Waals surface area contributed by atoms with Crippen molar-refractivity contribution in [2.75, 3.05) is 19.5 Å². The summed E-state index contributed by atoms with van der Waals surface area (Å²) < 4.78 is 13.3. The van der Waals surface area contributed by atoms with Crippen molar-refractivity contribution < 1.29 is 14.3 Å². The molecule has 0 saturated carbocycles. The van der Waals surface area contributed by atoms with Gasteiger partial charge in [0.1, 0.15) is 11.5 Å². The van der Waals surface area contributed by atoms with Gasteiger partial charge in [-0.3, -0.25) is 4.79 Å². The second-order valence-corrected chi connectivity index (χ2v) is 7.81. The number of carbonyl (C=O) groups is 1. The quantitative estimate of drug-likeness (QED) is 0.491. The number of methoxy groups -OCH3 is 2. The van der Waals surface area contributed by atoms with E-state index in [0.717, 1.165) is 45.8 Å². The van der Waals surface area contributed by atoms with Gasteiger partial charge in [0, 0.05) is 42.1 Å². The number of ether oxygens (including phenoxy) is 2. The standard InChI is InChI=1S/C26H24N2O3/c1-30-18-11-12-19(24(13-18)31-2)20-14-25(29)27-22-9-6-10-23-26(22)21(20)16-28(23)15-17-7-4-3-5-8-17/h3-13,16,20H,14-15H2,1-2H3,(H,27,29)/t20-/m1/s1. The average molecular weight is 412 g/mol. The number of amides is 1. The van der Waals surface area contributed by atoms with Gasteiger partial charge in [-0.25, -0.2) is 0 Å². The number of aromatic nitrogens is 1. The van der Waals surface area contributed by atoms with E-state index in [1.165, 1.54) is 5.56 Å². The van der Waals surface area contributed by atoms with Gasteiger partial charge in [0.25, 0.3) is 0 Å². The molecule has 5 heteroatoms. The van der Waals surface area contributed by atoms with Gasteiger partial charge in [-0.15, -0.1) is 0 Å². The summed E-state index contributed by atoms with van der Waals surface area (Å²) in [6, 6.07) is 22.3. The van der Waals surface area contributed by atoms with Crippen LogP contribution in [0.4, 0.5) is 5.69 Å². The van der Waals surface area contributed by atoms with Crippen molar-refractivity contribution in [3.05, 3.63) is 89.6 Å². The molecular weight excluding hydrogens is 388 g/mol. The average Bonchev–Trinajstić information content (AvgIpc) is 3.09. The summed E-state index contributed by atoms with van der Waals surface area (Å²) in [5.41, 5.74) is 5.31. The largest absolute Gasteiger partial charge is 0.497 e. The summed E-state index contributed by atoms with van der Waals surface area (Å²) in [6.45, 7) is 0.765. The minimum absolute atomic E-state index is 0.00109. The molecule has 31 heavy (non-hydrogen) atoms. The molecule has 0 saturated heterocycles. The molecule has 5 rings (SSSR count). The van der Waals surface area contributed by atoms with Crippen LogP contribution in [0.3, 0.4) is 0 Å². The van der Waals surface area contributed by atoms with Crippen molar-refractivity contribution in [2.45, 2.75) is 18.9 Å². The van der Waals surface area contributed by atoms with Gasteiger partial charge in [0.2, 0.25) is 5.91 Å². The number of anilines is 1. The van der Waals surface area contributed by atoms with Gasteiger partial charge in [0.15, 0.2) is 0 Å². The molecular formula is C26H24N2O3. The molecule has 1 aliphatic heterocycles. The van der Waals surface area contributed by atoms with Crippen LogP contribution in [0, 0.1) is 0 Å². The Morgan fingerprint density at radius 3 is 2.58 bits per heavy atom. The minimum atomic E-state index is -0.121. The van der Waals surface area contributed by atoms with Gasteiger partial charge in [-0.05, 0) is 29.3 Å². The van der Waals surface area contributed by atoms with Crippen LogP contribution < -0.4 is 14.8 Å². The van der Waals surface area contributed by atoms with Crippen LogP contribution in [0.15, 0.2) is 72.9 Å². The first kappa shape index (κ1) is 19.2. The number of hydrogen-bond donors (Lipinski definition) is 1. The fourth-order valence-corrected chi connectivity index (χ4v) is 4.54. The minimum Gasteiger partial charge on any atom is -0.497 e. The number of carbonyl (C=O) groups excluding carboxylic acids is 1. The molecule has 0 spiro atoms. The number of rotatable bonds is 5. The van der Waals surface area contributed by atoms with Crippen LogP contribution in [0.5, 0.6) is 11.5 Å². The van der Waals surface area contributed by atoms with E-state index in [9.17, 15) is 4.79 Å². The van der Waals surface area contributed by atoms with Crippen molar-refractivity contribution in [1.82, 2.24) is 4.57 Å². The monoisotopic (exact) mass is 412 g/mol. The highest BCUT2D eigenvalue weighted by Crippen LogP contribution is 2.44. The lowest BCUT2D eigenvalue weighted by molar-refractivity contribution is -0.116. The van der Waals surface area contributed by atoms with Crippen molar-refractivity contribution in [2.24, 2.45) is 0 Å². The summed E-state index contributed by atoms with van der Waals surface area (Å²) in [4.78, 5) is 12.8. The molecule has 0 aliphatic carbocycles. The normalized spacial score (nSPS) is 15.4. The zero-order chi connectivity index (χ0) is 21.4. The molecule has 156 valence electrons. The first-order valence-corrected chi connectivity index (χ1v) is 10.4. The zero-order valence-corrected chi connectivity index (χ0v) is 17.6. The summed E-state index contributed by atoms with van der Waals surface area (Å²) >= 11 is 0. The number of nitrogens with one attached hydrogen (secondary N) is 1. The highest BCUT2D eigenvalue weighted by atomic mass is 16.5. The van der Waals surface area contributed by atoms with Gasteiger partial charge in [-0.2, -0.15) is 0 Å². The second kappa shape index (κ2) is 7.84. The van der Waals surface area contributed by atoms with Gasteiger partial charge in [-0.1, -0.05) is 42.5 Å². The molecule has 0 unspecified atom stereocenters. The van der Waals surface area contributed by atoms with Crippen LogP contribution in [-0.2, 0) is 11.3 Å². The maximum atomic E-state index is 12.8. The maximum Gasteiger partial charge on any atom is 0.225 e. The van der Waals surface area contributed by atoms with E-state index in [2.05, 4.69) is 46.4 Å². The third-order valence-corrected chi connectivity index (χ3v) is 5.99. The third-order valence-electron chi connectivity index (χ3n) is 5.99. The number of nitrogens with zero attached hydrogens (tertiary/aromatic N) is 1. The van der Waals surface area contributed by atoms with Crippen LogP contribution in [0.25, 0.3) is 10.9 Å². The number of benzene rings is 3. The SMILES string of the molecule is COc1ccc([C@H]2CC(=O)Nc3cccc4c3c2cn4Cc2ccccc2)c(OC)c1. The van der Waals surface area contributed by atoms with E-state index in [1.54, 1.807) is 14.2 Å². The van der Waals surface area contributed by atoms with Gasteiger partial charge >= 0.3 is 0 Å². The van der Waals surface area contributed by atoms with E-state index < -0.39 is 0 Å². The predicted octanol–water partition coefficient (Wildman–Crippen LogP) is 5.18. The first-order valence-electron chi connectivity index (χ1n) is 10.4. The van der Waals surface area contributed by atoms with Crippen molar-refractivity contribution >= 4 is 22.5 Å². The molecule has 1 atom stereocenters. The second-order valence-electron chi connectivity index (χ2n) is 7.81. The Morgan fingerprint density at radius 1 is 0.968 bits per heavy atom. The van der Waals surface area contributed by atoms with Crippen LogP contribution >= 0.6 is 0 Å². The van der Waals surface area contributed by atoms with Crippen LogP contribution in [0.2, 0.25) is 0 Å². The van der Waals surface area contributed by atoms with E-state index in [1.807, 2.05) is 36.4 Å². The molecule has 1 N–H and O–H groups in total. The highest BCUT2D eigenvalue weighted by Gasteiger charge is 2.29. The van der Waals surface area contributed by atoms with E-state index >= 15 is 0 Å². The fourth-order valence-electron chi connectivity index (χ4n) is 4.54. The summed E-state index contributed by atoms with van der Waals surface area (Å²) in [5.74, 6) is 1.33. The first-order chi connectivity index (χ1) is 15.2. The molecule has 0 bridgehead atoms. The van der Waals surface area contributed by atoms with E-state index in [0.29, 0.717) is 6.42 Å². The summed E-state index contributed by atoms with van der Waals surface area (Å²) in [7, 11) is 3.29. The van der Waals surface area contributed by atoms with E-state index in [-0.39, 0.29) is 11.8 Å².